The normalized spacial score (nSPS) is 11.3. The zero-order valence-corrected chi connectivity index (χ0v) is 29.2. The van der Waals surface area contributed by atoms with E-state index in [1.165, 1.54) is 0 Å². The lowest BCUT2D eigenvalue weighted by atomic mass is 9.86. The minimum absolute atomic E-state index is 0.00400. The Hall–Kier alpha value is -6.02. The molecule has 0 fully saturated rings. The number of amides is 4. The summed E-state index contributed by atoms with van der Waals surface area (Å²) in [6, 6.07) is 35.1. The van der Waals surface area contributed by atoms with Crippen LogP contribution in [0.3, 0.4) is 0 Å². The van der Waals surface area contributed by atoms with Gasteiger partial charge in [-0.1, -0.05) is 65.8 Å². The SMILES string of the molecule is CC(C)(C)c1ccc(C(=O)Nc2ccc(NC(=O)c3ccc(C(=O)Nc4ccc(NC(=O)c5ccc(C(C)(C)C)cc5)cc4)cc3)cc2)cc1. The Kier molecular flexibility index (Phi) is 10.3. The number of carbonyl (C=O) groups is 4. The molecule has 0 aliphatic carbocycles. The van der Waals surface area contributed by atoms with Gasteiger partial charge in [-0.05, 0) is 119 Å². The molecule has 5 aromatic rings. The Morgan fingerprint density at radius 2 is 0.500 bits per heavy atom. The third-order valence-corrected chi connectivity index (χ3v) is 8.24. The molecule has 5 rings (SSSR count). The van der Waals surface area contributed by atoms with Crippen molar-refractivity contribution in [3.05, 3.63) is 155 Å². The van der Waals surface area contributed by atoms with Crippen molar-refractivity contribution < 1.29 is 19.2 Å². The van der Waals surface area contributed by atoms with E-state index in [2.05, 4.69) is 62.8 Å². The molecule has 4 N–H and O–H groups in total. The number of hydrogen-bond acceptors (Lipinski definition) is 4. The van der Waals surface area contributed by atoms with Crippen LogP contribution >= 0.6 is 0 Å². The second kappa shape index (κ2) is 14.6. The molecular weight excluding hydrogens is 624 g/mol. The van der Waals surface area contributed by atoms with Crippen molar-refractivity contribution in [1.29, 1.82) is 0 Å². The van der Waals surface area contributed by atoms with E-state index >= 15 is 0 Å². The van der Waals surface area contributed by atoms with Crippen LogP contribution in [0.1, 0.15) is 94.1 Å². The molecule has 0 aromatic heterocycles. The monoisotopic (exact) mass is 666 g/mol. The summed E-state index contributed by atoms with van der Waals surface area (Å²) >= 11 is 0. The molecule has 0 aliphatic heterocycles. The smallest absolute Gasteiger partial charge is 0.255 e. The molecule has 0 saturated heterocycles. The Labute approximate surface area is 293 Å². The van der Waals surface area contributed by atoms with Crippen molar-refractivity contribution in [2.75, 3.05) is 21.3 Å². The van der Waals surface area contributed by atoms with Crippen molar-refractivity contribution in [3.8, 4) is 0 Å². The first-order valence-corrected chi connectivity index (χ1v) is 16.4. The molecule has 5 aromatic carbocycles. The van der Waals surface area contributed by atoms with Gasteiger partial charge in [-0.2, -0.15) is 0 Å². The molecule has 254 valence electrons. The van der Waals surface area contributed by atoms with E-state index in [1.807, 2.05) is 48.5 Å². The summed E-state index contributed by atoms with van der Waals surface area (Å²) in [5.41, 5.74) is 6.51. The van der Waals surface area contributed by atoms with Crippen LogP contribution in [0.5, 0.6) is 0 Å². The van der Waals surface area contributed by atoms with Gasteiger partial charge in [0, 0.05) is 45.0 Å². The molecule has 0 bridgehead atoms. The van der Waals surface area contributed by atoms with E-state index in [1.54, 1.807) is 72.8 Å². The van der Waals surface area contributed by atoms with Gasteiger partial charge in [0.05, 0.1) is 0 Å². The van der Waals surface area contributed by atoms with Gasteiger partial charge < -0.3 is 21.3 Å². The predicted molar refractivity (Wildman–Crippen MR) is 201 cm³/mol. The molecule has 4 amide bonds. The van der Waals surface area contributed by atoms with Gasteiger partial charge >= 0.3 is 0 Å². The fourth-order valence-corrected chi connectivity index (χ4v) is 5.10. The molecule has 0 spiro atoms. The fourth-order valence-electron chi connectivity index (χ4n) is 5.10. The van der Waals surface area contributed by atoms with Gasteiger partial charge in [-0.25, -0.2) is 0 Å². The Morgan fingerprint density at radius 3 is 0.680 bits per heavy atom. The first-order valence-electron chi connectivity index (χ1n) is 16.4. The van der Waals surface area contributed by atoms with E-state index < -0.39 is 0 Å². The van der Waals surface area contributed by atoms with Crippen molar-refractivity contribution in [1.82, 2.24) is 0 Å². The predicted octanol–water partition coefficient (Wildman–Crippen LogP) is 9.29. The van der Waals surface area contributed by atoms with E-state index in [0.717, 1.165) is 11.1 Å². The van der Waals surface area contributed by atoms with Gasteiger partial charge in [-0.3, -0.25) is 19.2 Å². The summed E-state index contributed by atoms with van der Waals surface area (Å²) in [5, 5.41) is 11.4. The maximum absolute atomic E-state index is 12.9. The first kappa shape index (κ1) is 35.3. The number of hydrogen-bond donors (Lipinski definition) is 4. The van der Waals surface area contributed by atoms with Crippen LogP contribution in [0, 0.1) is 0 Å². The van der Waals surface area contributed by atoms with Crippen LogP contribution in [-0.2, 0) is 10.8 Å². The van der Waals surface area contributed by atoms with Crippen molar-refractivity contribution in [2.24, 2.45) is 0 Å². The van der Waals surface area contributed by atoms with Crippen molar-refractivity contribution in [3.63, 3.8) is 0 Å². The minimum atomic E-state index is -0.338. The molecule has 0 atom stereocenters. The average Bonchev–Trinajstić information content (AvgIpc) is 3.09. The molecule has 8 heteroatoms. The first-order chi connectivity index (χ1) is 23.7. The number of nitrogens with one attached hydrogen (secondary N) is 4. The van der Waals surface area contributed by atoms with Crippen molar-refractivity contribution in [2.45, 2.75) is 52.4 Å². The summed E-state index contributed by atoms with van der Waals surface area (Å²) in [6.45, 7) is 12.7. The van der Waals surface area contributed by atoms with Crippen LogP contribution in [-0.4, -0.2) is 23.6 Å². The Balaban J connectivity index is 1.10. The Morgan fingerprint density at radius 1 is 0.320 bits per heavy atom. The quantitative estimate of drug-likeness (QED) is 0.132. The maximum Gasteiger partial charge on any atom is 0.255 e. The third kappa shape index (κ3) is 9.11. The average molecular weight is 667 g/mol. The lowest BCUT2D eigenvalue weighted by molar-refractivity contribution is 0.101. The molecule has 0 radical (unpaired) electrons. The summed E-state index contributed by atoms with van der Waals surface area (Å²) in [6.07, 6.45) is 0. The van der Waals surface area contributed by atoms with E-state index in [9.17, 15) is 19.2 Å². The fraction of sp³-hybridized carbons (Fsp3) is 0.190. The molecular formula is C42H42N4O4. The minimum Gasteiger partial charge on any atom is -0.322 e. The lowest BCUT2D eigenvalue weighted by Crippen LogP contribution is -2.15. The highest BCUT2D eigenvalue weighted by molar-refractivity contribution is 6.08. The molecule has 0 unspecified atom stereocenters. The largest absolute Gasteiger partial charge is 0.322 e. The molecule has 0 saturated carbocycles. The van der Waals surface area contributed by atoms with Gasteiger partial charge in [0.1, 0.15) is 0 Å². The standard InChI is InChI=1S/C42H42N4O4/c1-41(2,3)31-15-11-29(12-16-31)39(49)45-35-23-19-33(20-24-35)43-37(47)27-7-9-28(10-8-27)38(48)44-34-21-25-36(26-22-34)46-40(50)30-13-17-32(18-14-30)42(4,5)6/h7-26H,1-6H3,(H,43,47)(H,44,48)(H,45,49)(H,46,50). The second-order valence-corrected chi connectivity index (χ2v) is 14.2. The van der Waals surface area contributed by atoms with Gasteiger partial charge in [0.25, 0.3) is 23.6 Å². The van der Waals surface area contributed by atoms with Crippen LogP contribution in [0.4, 0.5) is 22.7 Å². The number of rotatable bonds is 8. The number of carbonyl (C=O) groups excluding carboxylic acids is 4. The summed E-state index contributed by atoms with van der Waals surface area (Å²) in [7, 11) is 0. The molecule has 0 aliphatic rings. The van der Waals surface area contributed by atoms with E-state index in [4.69, 9.17) is 0 Å². The van der Waals surface area contributed by atoms with Crippen molar-refractivity contribution >= 4 is 46.4 Å². The zero-order valence-electron chi connectivity index (χ0n) is 29.2. The zero-order chi connectivity index (χ0) is 36.1. The maximum atomic E-state index is 12.9. The molecule has 8 nitrogen and oxygen atoms in total. The second-order valence-electron chi connectivity index (χ2n) is 14.2. The molecule has 50 heavy (non-hydrogen) atoms. The lowest BCUT2D eigenvalue weighted by Gasteiger charge is -2.19. The number of anilines is 4. The van der Waals surface area contributed by atoms with Crippen LogP contribution in [0.25, 0.3) is 0 Å². The van der Waals surface area contributed by atoms with Gasteiger partial charge in [-0.15, -0.1) is 0 Å². The highest BCUT2D eigenvalue weighted by Crippen LogP contribution is 2.24. The van der Waals surface area contributed by atoms with Crippen LogP contribution in [0.15, 0.2) is 121 Å². The van der Waals surface area contributed by atoms with E-state index in [0.29, 0.717) is 45.0 Å². The molecule has 0 heterocycles. The third-order valence-electron chi connectivity index (χ3n) is 8.24. The summed E-state index contributed by atoms with van der Waals surface area (Å²) in [4.78, 5) is 51.1. The Bertz CT molecular complexity index is 1840. The van der Waals surface area contributed by atoms with Gasteiger partial charge in [0.15, 0.2) is 0 Å². The number of benzene rings is 5. The van der Waals surface area contributed by atoms with Gasteiger partial charge in [0.2, 0.25) is 0 Å². The van der Waals surface area contributed by atoms with E-state index in [-0.39, 0.29) is 34.5 Å². The summed E-state index contributed by atoms with van der Waals surface area (Å²) < 4.78 is 0. The topological polar surface area (TPSA) is 116 Å². The van der Waals surface area contributed by atoms with Crippen LogP contribution < -0.4 is 21.3 Å². The highest BCUT2D eigenvalue weighted by Gasteiger charge is 2.16. The summed E-state index contributed by atoms with van der Waals surface area (Å²) in [5.74, 6) is -1.11. The highest BCUT2D eigenvalue weighted by atomic mass is 16.2. The van der Waals surface area contributed by atoms with Crippen LogP contribution in [0.2, 0.25) is 0 Å².